The Hall–Kier alpha value is -0.940. The zero-order chi connectivity index (χ0) is 11.8. The van der Waals surface area contributed by atoms with Crippen molar-refractivity contribution >= 4 is 33.4 Å². The number of fused-ring (bicyclic) bond motifs is 1. The predicted octanol–water partition coefficient (Wildman–Crippen LogP) is 2.15. The van der Waals surface area contributed by atoms with Crippen LogP contribution < -0.4 is 5.73 Å². The molecule has 0 aromatic heterocycles. The summed E-state index contributed by atoms with van der Waals surface area (Å²) in [5.41, 5.74) is 6.84. The van der Waals surface area contributed by atoms with Gasteiger partial charge in [-0.3, -0.25) is 0 Å². The average Bonchev–Trinajstić information content (AvgIpc) is 2.48. The maximum atomic E-state index is 12.1. The summed E-state index contributed by atoms with van der Waals surface area (Å²) >= 11 is 1.60. The van der Waals surface area contributed by atoms with E-state index in [0.29, 0.717) is 21.2 Å². The minimum Gasteiger partial charge on any atom is -0.399 e. The van der Waals surface area contributed by atoms with Gasteiger partial charge in [0.1, 0.15) is 0 Å². The second-order valence-electron chi connectivity index (χ2n) is 3.55. The topological polar surface area (TPSA) is 60.2 Å². The van der Waals surface area contributed by atoms with Gasteiger partial charge in [0.25, 0.3) is 0 Å². The Labute approximate surface area is 99.6 Å². The van der Waals surface area contributed by atoms with E-state index in [1.165, 1.54) is 6.07 Å². The molecule has 0 amide bonds. The van der Waals surface area contributed by atoms with Crippen LogP contribution in [0.15, 0.2) is 28.0 Å². The molecule has 1 aromatic rings. The van der Waals surface area contributed by atoms with Crippen LogP contribution in [0.2, 0.25) is 0 Å². The molecule has 5 heteroatoms. The molecular formula is C11H13NO2S2. The van der Waals surface area contributed by atoms with Crippen molar-refractivity contribution in [2.24, 2.45) is 0 Å². The van der Waals surface area contributed by atoms with Gasteiger partial charge in [-0.25, -0.2) is 8.42 Å². The van der Waals surface area contributed by atoms with Gasteiger partial charge in [-0.1, -0.05) is 13.0 Å². The lowest BCUT2D eigenvalue weighted by molar-refractivity contribution is 0.603. The monoisotopic (exact) mass is 255 g/mol. The number of nitrogen functional groups attached to an aromatic ring is 1. The summed E-state index contributed by atoms with van der Waals surface area (Å²) in [5.74, 6) is 1.44. The standard InChI is InChI=1S/C11H13NO2S2/c1-2-15-7-10-5-8-3-4-9(12)6-11(8)16(10,13)14/h3-6H,2,7,12H2,1H3. The lowest BCUT2D eigenvalue weighted by atomic mass is 10.2. The normalized spacial score (nSPS) is 16.9. The number of hydrogen-bond donors (Lipinski definition) is 1. The van der Waals surface area contributed by atoms with Gasteiger partial charge in [0.05, 0.1) is 9.80 Å². The molecule has 2 rings (SSSR count). The Morgan fingerprint density at radius 3 is 2.81 bits per heavy atom. The van der Waals surface area contributed by atoms with E-state index in [0.717, 1.165) is 11.3 Å². The average molecular weight is 255 g/mol. The first kappa shape index (κ1) is 11.5. The van der Waals surface area contributed by atoms with Crippen molar-refractivity contribution in [1.82, 2.24) is 0 Å². The van der Waals surface area contributed by atoms with E-state index in [9.17, 15) is 8.42 Å². The highest BCUT2D eigenvalue weighted by atomic mass is 32.2. The third kappa shape index (κ3) is 1.85. The molecule has 0 spiro atoms. The summed E-state index contributed by atoms with van der Waals surface area (Å²) in [6.45, 7) is 2.01. The molecule has 1 heterocycles. The zero-order valence-electron chi connectivity index (χ0n) is 8.93. The Kier molecular flexibility index (Phi) is 2.99. The van der Waals surface area contributed by atoms with Crippen LogP contribution in [-0.2, 0) is 9.84 Å². The molecule has 0 atom stereocenters. The van der Waals surface area contributed by atoms with Crippen LogP contribution in [0.4, 0.5) is 5.69 Å². The van der Waals surface area contributed by atoms with Gasteiger partial charge in [-0.15, -0.1) is 0 Å². The van der Waals surface area contributed by atoms with Crippen molar-refractivity contribution in [2.75, 3.05) is 17.2 Å². The first-order valence-electron chi connectivity index (χ1n) is 4.98. The molecule has 2 N–H and O–H groups in total. The van der Waals surface area contributed by atoms with E-state index in [1.807, 2.05) is 6.92 Å². The minimum atomic E-state index is -3.28. The summed E-state index contributed by atoms with van der Waals surface area (Å²) in [5, 5.41) is 0. The molecule has 1 aliphatic rings. The molecule has 86 valence electrons. The van der Waals surface area contributed by atoms with E-state index in [4.69, 9.17) is 5.73 Å². The fourth-order valence-corrected chi connectivity index (χ4v) is 4.27. The maximum absolute atomic E-state index is 12.1. The van der Waals surface area contributed by atoms with E-state index in [-0.39, 0.29) is 0 Å². The SMILES string of the molecule is CCSCC1=Cc2ccc(N)cc2S1(=O)=O. The van der Waals surface area contributed by atoms with Crippen LogP contribution in [0.3, 0.4) is 0 Å². The fourth-order valence-electron chi connectivity index (χ4n) is 1.62. The molecule has 0 fully saturated rings. The molecule has 0 aliphatic carbocycles. The smallest absolute Gasteiger partial charge is 0.204 e. The highest BCUT2D eigenvalue weighted by Gasteiger charge is 2.29. The van der Waals surface area contributed by atoms with Crippen molar-refractivity contribution in [3.8, 4) is 0 Å². The quantitative estimate of drug-likeness (QED) is 0.841. The number of sulfone groups is 1. The number of rotatable bonds is 3. The largest absolute Gasteiger partial charge is 0.399 e. The highest BCUT2D eigenvalue weighted by molar-refractivity contribution is 8.02. The predicted molar refractivity (Wildman–Crippen MR) is 69.0 cm³/mol. The maximum Gasteiger partial charge on any atom is 0.204 e. The first-order chi connectivity index (χ1) is 7.55. The van der Waals surface area contributed by atoms with E-state index in [1.54, 1.807) is 30.0 Å². The molecule has 3 nitrogen and oxygen atoms in total. The Bertz CT molecular complexity index is 547. The molecule has 0 unspecified atom stereocenters. The molecule has 0 bridgehead atoms. The number of hydrogen-bond acceptors (Lipinski definition) is 4. The van der Waals surface area contributed by atoms with E-state index < -0.39 is 9.84 Å². The molecule has 0 radical (unpaired) electrons. The summed E-state index contributed by atoms with van der Waals surface area (Å²) in [6.07, 6.45) is 1.74. The first-order valence-corrected chi connectivity index (χ1v) is 7.62. The molecule has 0 saturated heterocycles. The summed E-state index contributed by atoms with van der Waals surface area (Å²) in [4.78, 5) is 0.833. The highest BCUT2D eigenvalue weighted by Crippen LogP contribution is 2.35. The third-order valence-corrected chi connectivity index (χ3v) is 5.43. The molecule has 0 saturated carbocycles. The van der Waals surface area contributed by atoms with E-state index in [2.05, 4.69) is 0 Å². The van der Waals surface area contributed by atoms with Gasteiger partial charge in [-0.05, 0) is 29.5 Å². The second-order valence-corrected chi connectivity index (χ2v) is 6.79. The number of thioether (sulfide) groups is 1. The summed E-state index contributed by atoms with van der Waals surface area (Å²) < 4.78 is 24.2. The second kappa shape index (κ2) is 4.14. The van der Waals surface area contributed by atoms with Gasteiger partial charge in [0.15, 0.2) is 0 Å². The molecule has 1 aromatic carbocycles. The number of benzene rings is 1. The van der Waals surface area contributed by atoms with E-state index >= 15 is 0 Å². The van der Waals surface area contributed by atoms with Crippen LogP contribution in [0.1, 0.15) is 12.5 Å². The van der Waals surface area contributed by atoms with Crippen LogP contribution in [0, 0.1) is 0 Å². The lowest BCUT2D eigenvalue weighted by Crippen LogP contribution is -2.03. The fraction of sp³-hybridized carbons (Fsp3) is 0.273. The van der Waals surface area contributed by atoms with Crippen LogP contribution in [-0.4, -0.2) is 19.9 Å². The van der Waals surface area contributed by atoms with Crippen molar-refractivity contribution < 1.29 is 8.42 Å². The minimum absolute atomic E-state index is 0.346. The van der Waals surface area contributed by atoms with Gasteiger partial charge in [0.2, 0.25) is 9.84 Å². The molecule has 1 aliphatic heterocycles. The Morgan fingerprint density at radius 1 is 1.38 bits per heavy atom. The van der Waals surface area contributed by atoms with Crippen LogP contribution in [0.5, 0.6) is 0 Å². The van der Waals surface area contributed by atoms with Gasteiger partial charge < -0.3 is 5.73 Å². The Morgan fingerprint density at radius 2 is 2.12 bits per heavy atom. The van der Waals surface area contributed by atoms with Gasteiger partial charge in [0, 0.05) is 11.4 Å². The number of nitrogens with two attached hydrogens (primary N) is 1. The third-order valence-electron chi connectivity index (χ3n) is 2.44. The van der Waals surface area contributed by atoms with Crippen molar-refractivity contribution in [3.05, 3.63) is 28.7 Å². The summed E-state index contributed by atoms with van der Waals surface area (Å²) in [7, 11) is -3.28. The van der Waals surface area contributed by atoms with Crippen LogP contribution in [0.25, 0.3) is 6.08 Å². The molecular weight excluding hydrogens is 242 g/mol. The van der Waals surface area contributed by atoms with Crippen LogP contribution >= 0.6 is 11.8 Å². The molecule has 16 heavy (non-hydrogen) atoms. The number of anilines is 1. The lowest BCUT2D eigenvalue weighted by Gasteiger charge is -2.03. The van der Waals surface area contributed by atoms with Crippen molar-refractivity contribution in [3.63, 3.8) is 0 Å². The Balaban J connectivity index is 2.44. The summed E-state index contributed by atoms with van der Waals surface area (Å²) in [6, 6.07) is 5.01. The van der Waals surface area contributed by atoms with Gasteiger partial charge >= 0.3 is 0 Å². The zero-order valence-corrected chi connectivity index (χ0v) is 10.6. The van der Waals surface area contributed by atoms with Crippen molar-refractivity contribution in [2.45, 2.75) is 11.8 Å². The van der Waals surface area contributed by atoms with Gasteiger partial charge in [-0.2, -0.15) is 11.8 Å². The van der Waals surface area contributed by atoms with Crippen molar-refractivity contribution in [1.29, 1.82) is 0 Å².